The zero-order valence-corrected chi connectivity index (χ0v) is 8.87. The third-order valence-corrected chi connectivity index (χ3v) is 3.20. The van der Waals surface area contributed by atoms with Crippen LogP contribution in [0.2, 0.25) is 0 Å². The second-order valence-electron chi connectivity index (χ2n) is 4.18. The molecule has 4 heteroatoms. The maximum Gasteiger partial charge on any atom is 0.120 e. The zero-order valence-electron chi connectivity index (χ0n) is 8.05. The van der Waals surface area contributed by atoms with Crippen LogP contribution in [0.4, 0.5) is 4.39 Å². The summed E-state index contributed by atoms with van der Waals surface area (Å²) < 4.78 is 13.6. The largest absolute Gasteiger partial charge is 0.308 e. The minimum absolute atomic E-state index is 0. The summed E-state index contributed by atoms with van der Waals surface area (Å²) in [7, 11) is 2.07. The van der Waals surface area contributed by atoms with E-state index in [1.807, 2.05) is 0 Å². The minimum Gasteiger partial charge on any atom is -0.308 e. The summed E-state index contributed by atoms with van der Waals surface area (Å²) in [6, 6.07) is 0. The lowest BCUT2D eigenvalue weighted by Gasteiger charge is -2.37. The van der Waals surface area contributed by atoms with Crippen molar-refractivity contribution in [2.45, 2.75) is 31.0 Å². The molecule has 0 aromatic heterocycles. The van der Waals surface area contributed by atoms with E-state index >= 15 is 0 Å². The lowest BCUT2D eigenvalue weighted by molar-refractivity contribution is 0.113. The molecule has 0 saturated carbocycles. The van der Waals surface area contributed by atoms with Crippen molar-refractivity contribution >= 4 is 12.4 Å². The van der Waals surface area contributed by atoms with Gasteiger partial charge in [-0.2, -0.15) is 0 Å². The molecule has 2 saturated heterocycles. The third-order valence-electron chi connectivity index (χ3n) is 3.20. The highest BCUT2D eigenvalue weighted by Crippen LogP contribution is 2.31. The van der Waals surface area contributed by atoms with Gasteiger partial charge in [-0.25, -0.2) is 4.39 Å². The van der Waals surface area contributed by atoms with Crippen LogP contribution in [-0.2, 0) is 0 Å². The molecule has 2 nitrogen and oxygen atoms in total. The van der Waals surface area contributed by atoms with Gasteiger partial charge in [-0.15, -0.1) is 12.4 Å². The highest BCUT2D eigenvalue weighted by Gasteiger charge is 2.44. The number of hydrogen-bond donors (Lipinski definition) is 1. The SMILES string of the molecule is CN1CCC2(C1)NCCCC2F.Cl. The Morgan fingerprint density at radius 1 is 1.54 bits per heavy atom. The summed E-state index contributed by atoms with van der Waals surface area (Å²) in [6.07, 6.45) is 2.09. The van der Waals surface area contributed by atoms with Crippen molar-refractivity contribution in [2.24, 2.45) is 0 Å². The molecule has 2 aliphatic heterocycles. The van der Waals surface area contributed by atoms with Crippen LogP contribution >= 0.6 is 12.4 Å². The molecule has 78 valence electrons. The molecule has 2 heterocycles. The predicted octanol–water partition coefficient (Wildman–Crippen LogP) is 1.20. The van der Waals surface area contributed by atoms with Crippen LogP contribution in [0.5, 0.6) is 0 Å². The van der Waals surface area contributed by atoms with Crippen LogP contribution in [-0.4, -0.2) is 43.3 Å². The second kappa shape index (κ2) is 4.11. The van der Waals surface area contributed by atoms with Crippen molar-refractivity contribution < 1.29 is 4.39 Å². The van der Waals surface area contributed by atoms with Crippen LogP contribution < -0.4 is 5.32 Å². The molecule has 2 fully saturated rings. The third kappa shape index (κ3) is 1.97. The molecule has 1 N–H and O–H groups in total. The average molecular weight is 209 g/mol. The Bertz CT molecular complexity index is 175. The van der Waals surface area contributed by atoms with E-state index in [2.05, 4.69) is 17.3 Å². The van der Waals surface area contributed by atoms with Crippen molar-refractivity contribution in [1.29, 1.82) is 0 Å². The highest BCUT2D eigenvalue weighted by molar-refractivity contribution is 5.85. The van der Waals surface area contributed by atoms with Crippen molar-refractivity contribution in [3.63, 3.8) is 0 Å². The standard InChI is InChI=1S/C9H17FN2.ClH/c1-12-6-4-9(7-12)8(10)3-2-5-11-9;/h8,11H,2-7H2,1H3;1H. The predicted molar refractivity (Wildman–Crippen MR) is 54.2 cm³/mol. The zero-order chi connectivity index (χ0) is 8.60. The van der Waals surface area contributed by atoms with Crippen molar-refractivity contribution in [3.8, 4) is 0 Å². The first-order valence-corrected chi connectivity index (χ1v) is 4.81. The molecular weight excluding hydrogens is 191 g/mol. The summed E-state index contributed by atoms with van der Waals surface area (Å²) >= 11 is 0. The van der Waals surface area contributed by atoms with Crippen LogP contribution in [0.1, 0.15) is 19.3 Å². The number of halogens is 2. The van der Waals surface area contributed by atoms with Crippen LogP contribution in [0.25, 0.3) is 0 Å². The van der Waals surface area contributed by atoms with Crippen molar-refractivity contribution in [2.75, 3.05) is 26.7 Å². The first kappa shape index (κ1) is 11.2. The lowest BCUT2D eigenvalue weighted by atomic mass is 9.86. The fourth-order valence-corrected chi connectivity index (χ4v) is 2.44. The number of piperidine rings is 1. The Morgan fingerprint density at radius 2 is 2.31 bits per heavy atom. The van der Waals surface area contributed by atoms with E-state index in [1.54, 1.807) is 0 Å². The van der Waals surface area contributed by atoms with Crippen LogP contribution in [0.15, 0.2) is 0 Å². The van der Waals surface area contributed by atoms with E-state index in [1.165, 1.54) is 0 Å². The van der Waals surface area contributed by atoms with Gasteiger partial charge in [0.1, 0.15) is 6.17 Å². The van der Waals surface area contributed by atoms with E-state index in [4.69, 9.17) is 0 Å². The van der Waals surface area contributed by atoms with E-state index in [9.17, 15) is 4.39 Å². The topological polar surface area (TPSA) is 15.3 Å². The number of likely N-dealkylation sites (N-methyl/N-ethyl adjacent to an activating group) is 1. The Balaban J connectivity index is 0.000000845. The molecule has 0 amide bonds. The molecule has 2 aliphatic rings. The maximum absolute atomic E-state index is 13.6. The van der Waals surface area contributed by atoms with Gasteiger partial charge in [-0.3, -0.25) is 0 Å². The lowest BCUT2D eigenvalue weighted by Crippen LogP contribution is -2.57. The van der Waals surface area contributed by atoms with Gasteiger partial charge in [-0.05, 0) is 39.4 Å². The quantitative estimate of drug-likeness (QED) is 0.644. The molecule has 13 heavy (non-hydrogen) atoms. The Labute approximate surface area is 85.3 Å². The van der Waals surface area contributed by atoms with E-state index in [0.29, 0.717) is 0 Å². The van der Waals surface area contributed by atoms with Gasteiger partial charge in [0.2, 0.25) is 0 Å². The summed E-state index contributed by atoms with van der Waals surface area (Å²) in [5.41, 5.74) is -0.188. The molecule has 0 bridgehead atoms. The summed E-state index contributed by atoms with van der Waals surface area (Å²) in [5.74, 6) is 0. The van der Waals surface area contributed by atoms with Gasteiger partial charge in [0, 0.05) is 6.54 Å². The molecular formula is C9H18ClFN2. The first-order chi connectivity index (χ1) is 5.73. The molecule has 0 radical (unpaired) electrons. The van der Waals surface area contributed by atoms with Gasteiger partial charge < -0.3 is 10.2 Å². The van der Waals surface area contributed by atoms with Crippen LogP contribution in [0.3, 0.4) is 0 Å². The average Bonchev–Trinajstić information content (AvgIpc) is 2.41. The molecule has 2 atom stereocenters. The highest BCUT2D eigenvalue weighted by atomic mass is 35.5. The summed E-state index contributed by atoms with van der Waals surface area (Å²) in [5, 5.41) is 3.36. The molecule has 2 unspecified atom stereocenters. The minimum atomic E-state index is -0.629. The normalized spacial score (nSPS) is 40.6. The molecule has 2 rings (SSSR count). The Hall–Kier alpha value is 0.140. The van der Waals surface area contributed by atoms with Gasteiger partial charge in [-0.1, -0.05) is 0 Å². The number of hydrogen-bond acceptors (Lipinski definition) is 2. The van der Waals surface area contributed by atoms with E-state index < -0.39 is 6.17 Å². The second-order valence-corrected chi connectivity index (χ2v) is 4.18. The molecule has 0 aliphatic carbocycles. The van der Waals surface area contributed by atoms with Crippen molar-refractivity contribution in [1.82, 2.24) is 10.2 Å². The first-order valence-electron chi connectivity index (χ1n) is 4.81. The summed E-state index contributed by atoms with van der Waals surface area (Å²) in [4.78, 5) is 2.21. The smallest absolute Gasteiger partial charge is 0.120 e. The van der Waals surface area contributed by atoms with Crippen LogP contribution in [0, 0.1) is 0 Å². The molecule has 1 spiro atoms. The maximum atomic E-state index is 13.6. The number of alkyl halides is 1. The number of likely N-dealkylation sites (tertiary alicyclic amines) is 1. The fourth-order valence-electron chi connectivity index (χ4n) is 2.44. The van der Waals surface area contributed by atoms with E-state index in [0.717, 1.165) is 38.9 Å². The van der Waals surface area contributed by atoms with Gasteiger partial charge in [0.05, 0.1) is 5.54 Å². The molecule has 0 aromatic rings. The fraction of sp³-hybridized carbons (Fsp3) is 1.00. The number of nitrogens with zero attached hydrogens (tertiary/aromatic N) is 1. The monoisotopic (exact) mass is 208 g/mol. The molecule has 0 aromatic carbocycles. The number of nitrogens with one attached hydrogen (secondary N) is 1. The van der Waals surface area contributed by atoms with Crippen molar-refractivity contribution in [3.05, 3.63) is 0 Å². The Kier molecular flexibility index (Phi) is 3.55. The number of rotatable bonds is 0. The van der Waals surface area contributed by atoms with Gasteiger partial charge in [0.15, 0.2) is 0 Å². The van der Waals surface area contributed by atoms with Gasteiger partial charge >= 0.3 is 0 Å². The van der Waals surface area contributed by atoms with E-state index in [-0.39, 0.29) is 17.9 Å². The Morgan fingerprint density at radius 3 is 2.85 bits per heavy atom. The summed E-state index contributed by atoms with van der Waals surface area (Å²) in [6.45, 7) is 2.91. The van der Waals surface area contributed by atoms with Gasteiger partial charge in [0.25, 0.3) is 0 Å².